The minimum absolute atomic E-state index is 0.0525. The molecular formula is C25H38O10. The molecular weight excluding hydrogens is 460 g/mol. The van der Waals surface area contributed by atoms with Crippen molar-refractivity contribution >= 4 is 0 Å². The van der Waals surface area contributed by atoms with Crippen LogP contribution in [-0.2, 0) is 9.47 Å². The van der Waals surface area contributed by atoms with E-state index in [9.17, 15) is 40.9 Å². The van der Waals surface area contributed by atoms with Gasteiger partial charge < -0.3 is 50.3 Å². The minimum Gasteiger partial charge on any atom is -0.394 e. The molecule has 2 saturated heterocycles. The van der Waals surface area contributed by atoms with Crippen molar-refractivity contribution in [1.82, 2.24) is 0 Å². The van der Waals surface area contributed by atoms with E-state index in [4.69, 9.17) is 9.47 Å². The van der Waals surface area contributed by atoms with Crippen LogP contribution in [0.2, 0.25) is 0 Å². The van der Waals surface area contributed by atoms with Crippen LogP contribution in [0.25, 0.3) is 0 Å². The molecule has 3 rings (SSSR count). The number of hydrogen-bond donors (Lipinski definition) is 8. The minimum atomic E-state index is -1.44. The lowest BCUT2D eigenvalue weighted by molar-refractivity contribution is -0.214. The van der Waals surface area contributed by atoms with Gasteiger partial charge in [0.2, 0.25) is 0 Å². The molecule has 1 saturated carbocycles. The van der Waals surface area contributed by atoms with Crippen LogP contribution in [0.1, 0.15) is 39.0 Å². The molecule has 0 aromatic rings. The summed E-state index contributed by atoms with van der Waals surface area (Å²) < 4.78 is 10.9. The largest absolute Gasteiger partial charge is 0.394 e. The van der Waals surface area contributed by atoms with Crippen LogP contribution in [-0.4, -0.2) is 115 Å². The maximum Gasteiger partial charge on any atom is 0.147 e. The normalized spacial score (nSPS) is 46.8. The van der Waals surface area contributed by atoms with Crippen molar-refractivity contribution in [2.75, 3.05) is 13.2 Å². The van der Waals surface area contributed by atoms with Gasteiger partial charge in [0.05, 0.1) is 13.2 Å². The first-order chi connectivity index (χ1) is 16.7. The zero-order valence-corrected chi connectivity index (χ0v) is 19.8. The molecule has 0 amide bonds. The maximum absolute atomic E-state index is 10.2. The molecule has 2 heterocycles. The zero-order chi connectivity index (χ0) is 25.7. The Labute approximate surface area is 205 Å². The Morgan fingerprint density at radius 2 is 1.00 bits per heavy atom. The van der Waals surface area contributed by atoms with E-state index in [1.807, 2.05) is 0 Å². The Kier molecular flexibility index (Phi) is 10.3. The molecule has 10 heteroatoms. The molecule has 0 spiro atoms. The van der Waals surface area contributed by atoms with Crippen LogP contribution in [0, 0.1) is 41.4 Å². The van der Waals surface area contributed by atoms with Gasteiger partial charge in [0, 0.05) is 11.8 Å². The van der Waals surface area contributed by atoms with Crippen molar-refractivity contribution in [2.45, 2.75) is 100 Å². The van der Waals surface area contributed by atoms with Crippen molar-refractivity contribution in [3.8, 4) is 23.7 Å². The van der Waals surface area contributed by atoms with Gasteiger partial charge in [-0.3, -0.25) is 0 Å². The number of aliphatic hydroxyl groups is 8. The van der Waals surface area contributed by atoms with E-state index in [1.54, 1.807) is 0 Å². The second-order valence-electron chi connectivity index (χ2n) is 9.98. The molecule has 3 aliphatic rings. The van der Waals surface area contributed by atoms with Gasteiger partial charge in [0.1, 0.15) is 61.0 Å². The first-order valence-corrected chi connectivity index (χ1v) is 12.3. The quantitative estimate of drug-likeness (QED) is 0.190. The van der Waals surface area contributed by atoms with Crippen molar-refractivity contribution in [3.05, 3.63) is 0 Å². The average molecular weight is 499 g/mol. The van der Waals surface area contributed by atoms with Crippen molar-refractivity contribution < 1.29 is 50.3 Å². The van der Waals surface area contributed by atoms with Crippen LogP contribution in [0.3, 0.4) is 0 Å². The lowest BCUT2D eigenvalue weighted by atomic mass is 9.80. The van der Waals surface area contributed by atoms with Crippen molar-refractivity contribution in [2.24, 2.45) is 17.8 Å². The van der Waals surface area contributed by atoms with E-state index in [-0.39, 0.29) is 17.8 Å². The van der Waals surface area contributed by atoms with Crippen molar-refractivity contribution in [1.29, 1.82) is 0 Å². The highest BCUT2D eigenvalue weighted by molar-refractivity contribution is 5.16. The standard InChI is InChI=1S/C25H38O10/c1-13-9-14(5-7-16-20(28)24(32)22(30)18(11-26)34-16)3-2-4-15(10-13)6-8-17-21(29)25(33)23(31)19(12-27)35-17/h13-33H,2-4,9-12H2,1H3/t13?,14?,15?,16?,17?,18?,19?,20?,21?,22-,23-,24?,25?/m1/s1. The molecule has 0 aromatic carbocycles. The van der Waals surface area contributed by atoms with E-state index >= 15 is 0 Å². The fraction of sp³-hybridized carbons (Fsp3) is 0.840. The fourth-order valence-electron chi connectivity index (χ4n) is 5.02. The van der Waals surface area contributed by atoms with Gasteiger partial charge in [0.15, 0.2) is 0 Å². The van der Waals surface area contributed by atoms with E-state index in [0.29, 0.717) is 0 Å². The smallest absolute Gasteiger partial charge is 0.147 e. The molecule has 10 nitrogen and oxygen atoms in total. The molecule has 2 aliphatic heterocycles. The molecule has 35 heavy (non-hydrogen) atoms. The van der Waals surface area contributed by atoms with E-state index in [1.165, 1.54) is 0 Å². The van der Waals surface area contributed by atoms with Crippen LogP contribution < -0.4 is 0 Å². The molecule has 3 fully saturated rings. The molecule has 8 N–H and O–H groups in total. The van der Waals surface area contributed by atoms with Crippen LogP contribution >= 0.6 is 0 Å². The highest BCUT2D eigenvalue weighted by Gasteiger charge is 2.43. The number of ether oxygens (including phenoxy) is 2. The summed E-state index contributed by atoms with van der Waals surface area (Å²) >= 11 is 0. The predicted molar refractivity (Wildman–Crippen MR) is 122 cm³/mol. The van der Waals surface area contributed by atoms with Gasteiger partial charge in [-0.2, -0.15) is 0 Å². The molecule has 0 bridgehead atoms. The summed E-state index contributed by atoms with van der Waals surface area (Å²) in [5, 5.41) is 78.7. The van der Waals surface area contributed by atoms with E-state index < -0.39 is 74.3 Å². The third-order valence-corrected chi connectivity index (χ3v) is 7.12. The molecule has 198 valence electrons. The third-order valence-electron chi connectivity index (χ3n) is 7.12. The predicted octanol–water partition coefficient (Wildman–Crippen LogP) is -2.49. The molecule has 10 unspecified atom stereocenters. The topological polar surface area (TPSA) is 180 Å². The number of hydrogen-bond acceptors (Lipinski definition) is 10. The van der Waals surface area contributed by atoms with Gasteiger partial charge >= 0.3 is 0 Å². The average Bonchev–Trinajstić information content (AvgIpc) is 2.83. The first-order valence-electron chi connectivity index (χ1n) is 12.3. The van der Waals surface area contributed by atoms with Gasteiger partial charge in [-0.05, 0) is 31.6 Å². The van der Waals surface area contributed by atoms with Crippen LogP contribution in [0.4, 0.5) is 0 Å². The highest BCUT2D eigenvalue weighted by atomic mass is 16.5. The summed E-state index contributed by atoms with van der Waals surface area (Å²) in [6, 6.07) is 0. The maximum atomic E-state index is 10.2. The molecule has 0 aromatic heterocycles. The third kappa shape index (κ3) is 6.94. The molecule has 1 aliphatic carbocycles. The lowest BCUT2D eigenvalue weighted by Gasteiger charge is -2.38. The number of aliphatic hydroxyl groups excluding tert-OH is 8. The number of rotatable bonds is 2. The second kappa shape index (κ2) is 12.8. The zero-order valence-electron chi connectivity index (χ0n) is 19.8. The summed E-state index contributed by atoms with van der Waals surface area (Å²) in [6.07, 6.45) is -8.36. The molecule has 12 atom stereocenters. The summed E-state index contributed by atoms with van der Waals surface area (Å²) in [5.41, 5.74) is 0. The summed E-state index contributed by atoms with van der Waals surface area (Å²) in [4.78, 5) is 0. The van der Waals surface area contributed by atoms with Crippen molar-refractivity contribution in [3.63, 3.8) is 0 Å². The van der Waals surface area contributed by atoms with E-state index in [2.05, 4.69) is 30.6 Å². The van der Waals surface area contributed by atoms with E-state index in [0.717, 1.165) is 32.1 Å². The summed E-state index contributed by atoms with van der Waals surface area (Å²) in [6.45, 7) is 1.11. The lowest BCUT2D eigenvalue weighted by Crippen LogP contribution is -2.58. The Hall–Kier alpha value is -1.28. The summed E-state index contributed by atoms with van der Waals surface area (Å²) in [7, 11) is 0. The van der Waals surface area contributed by atoms with Crippen LogP contribution in [0.5, 0.6) is 0 Å². The SMILES string of the molecule is CC1CC(C#CC2OC(CO)[C@@H](O)C(O)C2O)CCCC(C#CC2OC(CO)[C@@H](O)C(O)C2O)C1. The Morgan fingerprint density at radius 1 is 0.600 bits per heavy atom. The Balaban J connectivity index is 1.58. The van der Waals surface area contributed by atoms with Gasteiger partial charge in [0.25, 0.3) is 0 Å². The first kappa shape index (κ1) is 28.3. The van der Waals surface area contributed by atoms with Gasteiger partial charge in [-0.25, -0.2) is 0 Å². The summed E-state index contributed by atoms with van der Waals surface area (Å²) in [5.74, 6) is 12.5. The van der Waals surface area contributed by atoms with Gasteiger partial charge in [-0.15, -0.1) is 0 Å². The van der Waals surface area contributed by atoms with Gasteiger partial charge in [-0.1, -0.05) is 37.0 Å². The Bertz CT molecular complexity index is 732. The highest BCUT2D eigenvalue weighted by Crippen LogP contribution is 2.30. The monoisotopic (exact) mass is 498 g/mol. The second-order valence-corrected chi connectivity index (χ2v) is 9.98. The fourth-order valence-corrected chi connectivity index (χ4v) is 5.02. The molecule has 0 radical (unpaired) electrons. The van der Waals surface area contributed by atoms with Crippen LogP contribution in [0.15, 0.2) is 0 Å². The Morgan fingerprint density at radius 3 is 1.37 bits per heavy atom.